The van der Waals surface area contributed by atoms with E-state index in [2.05, 4.69) is 25.4 Å². The average Bonchev–Trinajstić information content (AvgIpc) is 3.03. The van der Waals surface area contributed by atoms with Crippen LogP contribution in [0.15, 0.2) is 43.1 Å². The molecule has 26 heavy (non-hydrogen) atoms. The van der Waals surface area contributed by atoms with Gasteiger partial charge in [-0.3, -0.25) is 14.5 Å². The Morgan fingerprint density at radius 2 is 1.96 bits per heavy atom. The highest BCUT2D eigenvalue weighted by atomic mass is 35.5. The van der Waals surface area contributed by atoms with Gasteiger partial charge >= 0.3 is 0 Å². The summed E-state index contributed by atoms with van der Waals surface area (Å²) in [5.74, 6) is -0.00383. The quantitative estimate of drug-likeness (QED) is 0.687. The second-order valence-electron chi connectivity index (χ2n) is 6.27. The smallest absolute Gasteiger partial charge is 0.239 e. The SMILES string of the molecule is CC(C)(Nc1ncc(-c2cnn(CC(N)=O)c2)cn1)c1ncccc1Cl. The van der Waals surface area contributed by atoms with E-state index in [-0.39, 0.29) is 6.54 Å². The number of hydrogen-bond donors (Lipinski definition) is 2. The normalized spacial score (nSPS) is 11.3. The van der Waals surface area contributed by atoms with Crippen molar-refractivity contribution >= 4 is 23.5 Å². The molecule has 0 saturated carbocycles. The van der Waals surface area contributed by atoms with Crippen molar-refractivity contribution in [1.82, 2.24) is 24.7 Å². The molecule has 134 valence electrons. The standard InChI is InChI=1S/C17H18ClN7O/c1-17(2,15-13(18)4-3-5-20-15)24-16-21-6-11(7-22-16)12-8-23-25(9-12)10-14(19)26/h3-9H,10H2,1-2H3,(H2,19,26)(H,21,22,24). The Morgan fingerprint density at radius 3 is 2.62 bits per heavy atom. The second-order valence-corrected chi connectivity index (χ2v) is 6.68. The third-order valence-electron chi connectivity index (χ3n) is 3.71. The fourth-order valence-corrected chi connectivity index (χ4v) is 2.84. The molecule has 0 aliphatic carbocycles. The van der Waals surface area contributed by atoms with E-state index in [4.69, 9.17) is 17.3 Å². The predicted molar refractivity (Wildman–Crippen MR) is 98.3 cm³/mol. The van der Waals surface area contributed by atoms with Crippen LogP contribution in [-0.4, -0.2) is 30.6 Å². The van der Waals surface area contributed by atoms with Crippen LogP contribution < -0.4 is 11.1 Å². The molecular formula is C17H18ClN7O. The van der Waals surface area contributed by atoms with Gasteiger partial charge in [-0.2, -0.15) is 5.10 Å². The number of halogens is 1. The van der Waals surface area contributed by atoms with Gasteiger partial charge in [0.1, 0.15) is 6.54 Å². The molecule has 1 amide bonds. The Morgan fingerprint density at radius 1 is 1.23 bits per heavy atom. The number of anilines is 1. The van der Waals surface area contributed by atoms with Crippen LogP contribution in [-0.2, 0) is 16.9 Å². The van der Waals surface area contributed by atoms with Crippen LogP contribution in [0.25, 0.3) is 11.1 Å². The molecule has 3 aromatic rings. The highest BCUT2D eigenvalue weighted by Gasteiger charge is 2.25. The summed E-state index contributed by atoms with van der Waals surface area (Å²) in [4.78, 5) is 24.0. The first-order valence-electron chi connectivity index (χ1n) is 7.87. The van der Waals surface area contributed by atoms with Crippen LogP contribution >= 0.6 is 11.6 Å². The lowest BCUT2D eigenvalue weighted by molar-refractivity contribution is -0.118. The molecule has 0 bridgehead atoms. The molecule has 3 rings (SSSR count). The first kappa shape index (κ1) is 17.8. The lowest BCUT2D eigenvalue weighted by atomic mass is 10.00. The van der Waals surface area contributed by atoms with Gasteiger partial charge in [-0.05, 0) is 26.0 Å². The summed E-state index contributed by atoms with van der Waals surface area (Å²) in [5, 5.41) is 7.89. The van der Waals surface area contributed by atoms with Crippen LogP contribution in [0.5, 0.6) is 0 Å². The molecule has 0 unspecified atom stereocenters. The number of carbonyl (C=O) groups excluding carboxylic acids is 1. The molecule has 0 fully saturated rings. The lowest BCUT2D eigenvalue weighted by Gasteiger charge is -2.26. The largest absolute Gasteiger partial charge is 0.368 e. The molecule has 3 N–H and O–H groups in total. The Balaban J connectivity index is 1.76. The van der Waals surface area contributed by atoms with Crippen molar-refractivity contribution in [2.24, 2.45) is 5.73 Å². The van der Waals surface area contributed by atoms with Crippen molar-refractivity contribution in [2.45, 2.75) is 25.9 Å². The highest BCUT2D eigenvalue weighted by molar-refractivity contribution is 6.31. The molecule has 0 aliphatic heterocycles. The van der Waals surface area contributed by atoms with Crippen LogP contribution in [0.4, 0.5) is 5.95 Å². The van der Waals surface area contributed by atoms with Crippen LogP contribution in [0.1, 0.15) is 19.5 Å². The number of nitrogens with two attached hydrogens (primary N) is 1. The van der Waals surface area contributed by atoms with Crippen LogP contribution in [0.2, 0.25) is 5.02 Å². The summed E-state index contributed by atoms with van der Waals surface area (Å²) in [6.45, 7) is 3.93. The van der Waals surface area contributed by atoms with E-state index in [0.29, 0.717) is 16.7 Å². The Kier molecular flexibility index (Phi) is 4.85. The molecule has 9 heteroatoms. The van der Waals surface area contributed by atoms with Gasteiger partial charge in [0.15, 0.2) is 0 Å². The number of hydrogen-bond acceptors (Lipinski definition) is 6. The molecular weight excluding hydrogens is 354 g/mol. The van der Waals surface area contributed by atoms with Gasteiger partial charge in [0, 0.05) is 35.9 Å². The molecule has 0 spiro atoms. The molecule has 0 aliphatic rings. The number of aromatic nitrogens is 5. The van der Waals surface area contributed by atoms with Crippen molar-refractivity contribution < 1.29 is 4.79 Å². The number of amides is 1. The highest BCUT2D eigenvalue weighted by Crippen LogP contribution is 2.28. The van der Waals surface area contributed by atoms with Gasteiger partial charge in [-0.25, -0.2) is 9.97 Å². The van der Waals surface area contributed by atoms with E-state index >= 15 is 0 Å². The predicted octanol–water partition coefficient (Wildman–Crippen LogP) is 2.22. The average molecular weight is 372 g/mol. The van der Waals surface area contributed by atoms with Gasteiger partial charge in [0.05, 0.1) is 22.5 Å². The summed E-state index contributed by atoms with van der Waals surface area (Å²) in [7, 11) is 0. The lowest BCUT2D eigenvalue weighted by Crippen LogP contribution is -2.30. The van der Waals surface area contributed by atoms with E-state index in [9.17, 15) is 4.79 Å². The van der Waals surface area contributed by atoms with Crippen LogP contribution in [0.3, 0.4) is 0 Å². The summed E-state index contributed by atoms with van der Waals surface area (Å²) in [6.07, 6.45) is 8.40. The third kappa shape index (κ3) is 3.97. The second kappa shape index (κ2) is 7.09. The zero-order valence-electron chi connectivity index (χ0n) is 14.3. The van der Waals surface area contributed by atoms with E-state index < -0.39 is 11.4 Å². The summed E-state index contributed by atoms with van der Waals surface area (Å²) in [5.41, 5.74) is 6.90. The topological polar surface area (TPSA) is 112 Å². The maximum absolute atomic E-state index is 10.9. The number of nitrogens with zero attached hydrogens (tertiary/aromatic N) is 5. The Labute approximate surface area is 155 Å². The fraction of sp³-hybridized carbons (Fsp3) is 0.235. The van der Waals surface area contributed by atoms with E-state index in [1.807, 2.05) is 13.8 Å². The van der Waals surface area contributed by atoms with E-state index in [0.717, 1.165) is 11.1 Å². The number of rotatable bonds is 6. The summed E-state index contributed by atoms with van der Waals surface area (Å²) in [6, 6.07) is 3.58. The number of pyridine rings is 1. The number of carbonyl (C=O) groups is 1. The minimum Gasteiger partial charge on any atom is -0.368 e. The minimum absolute atomic E-state index is 0.0273. The van der Waals surface area contributed by atoms with Crippen molar-refractivity contribution in [3.8, 4) is 11.1 Å². The molecule has 8 nitrogen and oxygen atoms in total. The number of nitrogens with one attached hydrogen (secondary N) is 1. The first-order chi connectivity index (χ1) is 12.3. The molecule has 0 aromatic carbocycles. The zero-order valence-corrected chi connectivity index (χ0v) is 15.1. The summed E-state index contributed by atoms with van der Waals surface area (Å²) >= 11 is 6.23. The minimum atomic E-state index is -0.549. The third-order valence-corrected chi connectivity index (χ3v) is 4.02. The summed E-state index contributed by atoms with van der Waals surface area (Å²) < 4.78 is 1.47. The monoisotopic (exact) mass is 371 g/mol. The van der Waals surface area contributed by atoms with Gasteiger partial charge in [-0.15, -0.1) is 0 Å². The van der Waals surface area contributed by atoms with Crippen molar-refractivity contribution in [1.29, 1.82) is 0 Å². The van der Waals surface area contributed by atoms with E-state index in [1.54, 1.807) is 43.1 Å². The van der Waals surface area contributed by atoms with Crippen molar-refractivity contribution in [3.05, 3.63) is 53.8 Å². The maximum atomic E-state index is 10.9. The van der Waals surface area contributed by atoms with E-state index in [1.165, 1.54) is 4.68 Å². The van der Waals surface area contributed by atoms with Crippen molar-refractivity contribution in [3.63, 3.8) is 0 Å². The number of primary amides is 1. The van der Waals surface area contributed by atoms with Gasteiger partial charge < -0.3 is 11.1 Å². The zero-order chi connectivity index (χ0) is 18.7. The van der Waals surface area contributed by atoms with Crippen molar-refractivity contribution in [2.75, 3.05) is 5.32 Å². The molecule has 0 radical (unpaired) electrons. The van der Waals surface area contributed by atoms with Gasteiger partial charge in [0.2, 0.25) is 11.9 Å². The van der Waals surface area contributed by atoms with Gasteiger partial charge in [0.25, 0.3) is 0 Å². The van der Waals surface area contributed by atoms with Gasteiger partial charge in [-0.1, -0.05) is 11.6 Å². The molecule has 3 aromatic heterocycles. The van der Waals surface area contributed by atoms with Crippen LogP contribution in [0, 0.1) is 0 Å². The maximum Gasteiger partial charge on any atom is 0.239 e. The first-order valence-corrected chi connectivity index (χ1v) is 8.25. The molecule has 3 heterocycles. The fourth-order valence-electron chi connectivity index (χ4n) is 2.48. The molecule has 0 atom stereocenters. The Bertz CT molecular complexity index is 921. The molecule has 0 saturated heterocycles. The Hall–Kier alpha value is -3.00.